The molecule has 0 saturated heterocycles. The lowest BCUT2D eigenvalue weighted by molar-refractivity contribution is 0.581. The molecular weight excluding hydrogens is 449 g/mol. The summed E-state index contributed by atoms with van der Waals surface area (Å²) in [5, 5.41) is 4.25. The summed E-state index contributed by atoms with van der Waals surface area (Å²) in [6.45, 7) is 0.116. The molecule has 130 valence electrons. The SMILES string of the molecule is O=S(=O)(NCc1ccc(-n2cccn2)cc1)c1c(Cl)cc(Br)cc1Cl. The first-order chi connectivity index (χ1) is 11.9. The lowest BCUT2D eigenvalue weighted by Crippen LogP contribution is -2.24. The van der Waals surface area contributed by atoms with Gasteiger partial charge in [-0.25, -0.2) is 17.8 Å². The van der Waals surface area contributed by atoms with Gasteiger partial charge in [0.05, 0.1) is 15.7 Å². The van der Waals surface area contributed by atoms with Crippen LogP contribution in [0.4, 0.5) is 0 Å². The van der Waals surface area contributed by atoms with Crippen molar-refractivity contribution in [1.29, 1.82) is 0 Å². The van der Waals surface area contributed by atoms with Crippen molar-refractivity contribution in [3.63, 3.8) is 0 Å². The molecule has 1 N–H and O–H groups in total. The number of hydrogen-bond donors (Lipinski definition) is 1. The third-order valence-corrected chi connectivity index (χ3v) is 6.18. The van der Waals surface area contributed by atoms with E-state index in [0.717, 1.165) is 11.3 Å². The van der Waals surface area contributed by atoms with Crippen LogP contribution in [0, 0.1) is 0 Å². The monoisotopic (exact) mass is 459 g/mol. The summed E-state index contributed by atoms with van der Waals surface area (Å²) in [5.41, 5.74) is 1.68. The van der Waals surface area contributed by atoms with Gasteiger partial charge in [0.25, 0.3) is 0 Å². The van der Waals surface area contributed by atoms with Crippen LogP contribution >= 0.6 is 39.1 Å². The molecule has 0 aliphatic rings. The summed E-state index contributed by atoms with van der Waals surface area (Å²) in [6, 6.07) is 12.2. The maximum Gasteiger partial charge on any atom is 0.243 e. The lowest BCUT2D eigenvalue weighted by Gasteiger charge is -2.11. The average Bonchev–Trinajstić information content (AvgIpc) is 3.06. The van der Waals surface area contributed by atoms with Crippen molar-refractivity contribution in [2.45, 2.75) is 11.4 Å². The van der Waals surface area contributed by atoms with Gasteiger partial charge in [-0.15, -0.1) is 0 Å². The van der Waals surface area contributed by atoms with Crippen molar-refractivity contribution >= 4 is 49.2 Å². The van der Waals surface area contributed by atoms with Crippen molar-refractivity contribution in [1.82, 2.24) is 14.5 Å². The average molecular weight is 461 g/mol. The molecule has 3 aromatic rings. The van der Waals surface area contributed by atoms with Gasteiger partial charge >= 0.3 is 0 Å². The largest absolute Gasteiger partial charge is 0.243 e. The standard InChI is InChI=1S/C16H12BrCl2N3O2S/c17-12-8-14(18)16(15(19)9-12)25(23,24)21-10-11-2-4-13(5-3-11)22-7-1-6-20-22/h1-9,21H,10H2. The van der Waals surface area contributed by atoms with Crippen molar-refractivity contribution < 1.29 is 8.42 Å². The fraction of sp³-hybridized carbons (Fsp3) is 0.0625. The van der Waals surface area contributed by atoms with Gasteiger partial charge in [0.15, 0.2) is 0 Å². The summed E-state index contributed by atoms with van der Waals surface area (Å²) in [4.78, 5) is -0.132. The molecule has 0 aliphatic heterocycles. The number of halogens is 3. The van der Waals surface area contributed by atoms with E-state index in [1.54, 1.807) is 10.9 Å². The highest BCUT2D eigenvalue weighted by molar-refractivity contribution is 9.10. The normalized spacial score (nSPS) is 11.6. The van der Waals surface area contributed by atoms with Gasteiger partial charge in [0, 0.05) is 23.4 Å². The molecule has 0 unspecified atom stereocenters. The number of sulfonamides is 1. The van der Waals surface area contributed by atoms with Crippen LogP contribution in [0.15, 0.2) is 64.2 Å². The van der Waals surface area contributed by atoms with E-state index in [2.05, 4.69) is 25.8 Å². The number of aromatic nitrogens is 2. The van der Waals surface area contributed by atoms with Crippen molar-refractivity contribution in [2.24, 2.45) is 0 Å². The molecule has 0 fully saturated rings. The Morgan fingerprint density at radius 2 is 1.76 bits per heavy atom. The molecule has 0 bridgehead atoms. The Balaban J connectivity index is 1.77. The predicted octanol–water partition coefficient (Wildman–Crippen LogP) is 4.42. The molecule has 9 heteroatoms. The molecule has 1 heterocycles. The van der Waals surface area contributed by atoms with E-state index in [1.165, 1.54) is 12.1 Å². The highest BCUT2D eigenvalue weighted by Gasteiger charge is 2.22. The minimum absolute atomic E-state index is 0.0564. The molecule has 25 heavy (non-hydrogen) atoms. The second kappa shape index (κ2) is 7.47. The van der Waals surface area contributed by atoms with Gasteiger partial charge in [0.1, 0.15) is 4.90 Å². The van der Waals surface area contributed by atoms with Crippen molar-refractivity contribution in [3.05, 3.63) is 74.9 Å². The van der Waals surface area contributed by atoms with E-state index in [4.69, 9.17) is 23.2 Å². The van der Waals surface area contributed by atoms with Crippen LogP contribution in [-0.4, -0.2) is 18.2 Å². The maximum absolute atomic E-state index is 12.5. The van der Waals surface area contributed by atoms with E-state index in [9.17, 15) is 8.42 Å². The molecule has 1 aromatic heterocycles. The van der Waals surface area contributed by atoms with Crippen LogP contribution in [0.1, 0.15) is 5.56 Å². The number of hydrogen-bond acceptors (Lipinski definition) is 3. The summed E-state index contributed by atoms with van der Waals surface area (Å²) in [6.07, 6.45) is 3.52. The van der Waals surface area contributed by atoms with Crippen LogP contribution in [0.2, 0.25) is 10.0 Å². The van der Waals surface area contributed by atoms with Crippen molar-refractivity contribution in [3.8, 4) is 5.69 Å². The summed E-state index contributed by atoms with van der Waals surface area (Å²) in [5.74, 6) is 0. The summed E-state index contributed by atoms with van der Waals surface area (Å²) < 4.78 is 29.8. The first kappa shape index (κ1) is 18.4. The molecule has 0 saturated carbocycles. The van der Waals surface area contributed by atoms with E-state index >= 15 is 0 Å². The third-order valence-electron chi connectivity index (χ3n) is 3.40. The Morgan fingerprint density at radius 3 is 2.32 bits per heavy atom. The van der Waals surface area contributed by atoms with Crippen molar-refractivity contribution in [2.75, 3.05) is 0 Å². The second-order valence-corrected chi connectivity index (χ2v) is 8.57. The number of nitrogens with zero attached hydrogens (tertiary/aromatic N) is 2. The minimum Gasteiger partial charge on any atom is -0.241 e. The first-order valence-corrected chi connectivity index (χ1v) is 10.1. The quantitative estimate of drug-likeness (QED) is 0.612. The van der Waals surface area contributed by atoms with E-state index < -0.39 is 10.0 Å². The molecule has 5 nitrogen and oxygen atoms in total. The molecular formula is C16H12BrCl2N3O2S. The second-order valence-electron chi connectivity index (χ2n) is 5.14. The highest BCUT2D eigenvalue weighted by Crippen LogP contribution is 2.32. The Morgan fingerprint density at radius 1 is 1.12 bits per heavy atom. The number of benzene rings is 2. The molecule has 0 atom stereocenters. The summed E-state index contributed by atoms with van der Waals surface area (Å²) in [7, 11) is -3.84. The summed E-state index contributed by atoms with van der Waals surface area (Å²) >= 11 is 15.3. The van der Waals surface area contributed by atoms with E-state index in [-0.39, 0.29) is 21.5 Å². The van der Waals surface area contributed by atoms with Crippen LogP contribution in [0.5, 0.6) is 0 Å². The Hall–Kier alpha value is -1.38. The zero-order valence-corrected chi connectivity index (χ0v) is 16.6. The minimum atomic E-state index is -3.84. The van der Waals surface area contributed by atoms with E-state index in [1.807, 2.05) is 36.5 Å². The van der Waals surface area contributed by atoms with Gasteiger partial charge in [0.2, 0.25) is 10.0 Å². The smallest absolute Gasteiger partial charge is 0.241 e. The Labute approximate surface area is 163 Å². The highest BCUT2D eigenvalue weighted by atomic mass is 79.9. The molecule has 0 spiro atoms. The number of rotatable bonds is 5. The molecule has 2 aromatic carbocycles. The fourth-order valence-electron chi connectivity index (χ4n) is 2.22. The number of nitrogens with one attached hydrogen (secondary N) is 1. The van der Waals surface area contributed by atoms with Gasteiger partial charge < -0.3 is 0 Å². The fourth-order valence-corrected chi connectivity index (χ4v) is 5.17. The van der Waals surface area contributed by atoms with Gasteiger partial charge in [-0.3, -0.25) is 0 Å². The van der Waals surface area contributed by atoms with Crippen LogP contribution in [0.25, 0.3) is 5.69 Å². The van der Waals surface area contributed by atoms with Crippen LogP contribution in [0.3, 0.4) is 0 Å². The van der Waals surface area contributed by atoms with Crippen LogP contribution < -0.4 is 4.72 Å². The molecule has 0 radical (unpaired) electrons. The molecule has 0 aliphatic carbocycles. The zero-order valence-electron chi connectivity index (χ0n) is 12.7. The maximum atomic E-state index is 12.5. The molecule has 0 amide bonds. The topological polar surface area (TPSA) is 64.0 Å². The molecule has 3 rings (SSSR count). The van der Waals surface area contributed by atoms with E-state index in [0.29, 0.717) is 4.47 Å². The zero-order chi connectivity index (χ0) is 18.0. The first-order valence-electron chi connectivity index (χ1n) is 7.10. The Kier molecular flexibility index (Phi) is 5.50. The van der Waals surface area contributed by atoms with Gasteiger partial charge in [-0.2, -0.15) is 5.10 Å². The Bertz CT molecular complexity index is 968. The third kappa shape index (κ3) is 4.24. The van der Waals surface area contributed by atoms with Gasteiger partial charge in [-0.1, -0.05) is 51.3 Å². The van der Waals surface area contributed by atoms with Gasteiger partial charge in [-0.05, 0) is 35.9 Å². The lowest BCUT2D eigenvalue weighted by atomic mass is 10.2. The predicted molar refractivity (Wildman–Crippen MR) is 102 cm³/mol. The van der Waals surface area contributed by atoms with Crippen LogP contribution in [-0.2, 0) is 16.6 Å².